The van der Waals surface area contributed by atoms with E-state index in [1.54, 1.807) is 19.1 Å². The molecule has 28 heavy (non-hydrogen) atoms. The van der Waals surface area contributed by atoms with Gasteiger partial charge in [0.25, 0.3) is 0 Å². The number of hydrogen-bond acceptors (Lipinski definition) is 3. The number of nitrogens with zero attached hydrogens (tertiary/aromatic N) is 1. The summed E-state index contributed by atoms with van der Waals surface area (Å²) in [5, 5.41) is 9.08. The fourth-order valence-corrected chi connectivity index (χ4v) is 3.65. The molecule has 0 aliphatic rings. The highest BCUT2D eigenvalue weighted by Crippen LogP contribution is 2.37. The Kier molecular flexibility index (Phi) is 7.52. The van der Waals surface area contributed by atoms with Crippen LogP contribution < -0.4 is 4.90 Å². The molecule has 1 amide bonds. The van der Waals surface area contributed by atoms with Crippen molar-refractivity contribution in [2.45, 2.75) is 19.8 Å². The van der Waals surface area contributed by atoms with Gasteiger partial charge in [0, 0.05) is 18.2 Å². The van der Waals surface area contributed by atoms with Crippen LogP contribution in [0, 0.1) is 5.92 Å². The van der Waals surface area contributed by atoms with Crippen LogP contribution in [0.2, 0.25) is 0 Å². The van der Waals surface area contributed by atoms with E-state index in [2.05, 4.69) is 0 Å². The number of anilines is 1. The molecule has 0 aromatic heterocycles. The molecular formula is C20H24NO6P. The Balaban J connectivity index is 2.21. The second kappa shape index (κ2) is 9.64. The van der Waals surface area contributed by atoms with Crippen LogP contribution in [0.25, 0.3) is 11.1 Å². The molecule has 0 fully saturated rings. The van der Waals surface area contributed by atoms with Crippen LogP contribution in [0.15, 0.2) is 54.6 Å². The molecule has 1 unspecified atom stereocenters. The summed E-state index contributed by atoms with van der Waals surface area (Å²) in [5.41, 5.74) is 2.63. The van der Waals surface area contributed by atoms with E-state index < -0.39 is 38.0 Å². The number of carbonyl (C=O) groups is 2. The van der Waals surface area contributed by atoms with Gasteiger partial charge in [-0.15, -0.1) is 0 Å². The number of benzene rings is 2. The van der Waals surface area contributed by atoms with Gasteiger partial charge in [-0.3, -0.25) is 14.2 Å². The maximum absolute atomic E-state index is 12.9. The summed E-state index contributed by atoms with van der Waals surface area (Å²) in [6.07, 6.45) is -1.19. The fourth-order valence-electron chi connectivity index (χ4n) is 3.00. The summed E-state index contributed by atoms with van der Waals surface area (Å²) in [5.74, 6) is -2.63. The molecule has 3 N–H and O–H groups in total. The molecule has 8 heteroatoms. The number of carboxylic acids is 1. The Morgan fingerprint density at radius 2 is 1.57 bits per heavy atom. The zero-order chi connectivity index (χ0) is 20.7. The van der Waals surface area contributed by atoms with E-state index in [1.165, 1.54) is 4.90 Å². The maximum atomic E-state index is 12.9. The monoisotopic (exact) mass is 405 g/mol. The maximum Gasteiger partial charge on any atom is 0.325 e. The lowest BCUT2D eigenvalue weighted by molar-refractivity contribution is -0.140. The first-order chi connectivity index (χ1) is 13.2. The van der Waals surface area contributed by atoms with E-state index in [4.69, 9.17) is 14.9 Å². The van der Waals surface area contributed by atoms with Crippen LogP contribution in [0.4, 0.5) is 5.69 Å². The highest BCUT2D eigenvalue weighted by atomic mass is 31.2. The molecule has 0 aliphatic carbocycles. The van der Waals surface area contributed by atoms with Gasteiger partial charge in [-0.1, -0.05) is 42.5 Å². The van der Waals surface area contributed by atoms with Gasteiger partial charge in [-0.2, -0.15) is 0 Å². The topological polar surface area (TPSA) is 115 Å². The van der Waals surface area contributed by atoms with Crippen molar-refractivity contribution < 1.29 is 29.0 Å². The normalized spacial score (nSPS) is 12.4. The Hall–Kier alpha value is -2.47. The molecule has 2 aromatic carbocycles. The first-order valence-electron chi connectivity index (χ1n) is 8.94. The second-order valence-corrected chi connectivity index (χ2v) is 8.24. The molecule has 0 heterocycles. The molecule has 0 saturated carbocycles. The summed E-state index contributed by atoms with van der Waals surface area (Å²) in [6, 6.07) is 17.1. The number of rotatable bonds is 9. The zero-order valence-corrected chi connectivity index (χ0v) is 16.5. The van der Waals surface area contributed by atoms with Crippen molar-refractivity contribution in [1.29, 1.82) is 0 Å². The van der Waals surface area contributed by atoms with Crippen LogP contribution in [-0.2, 0) is 14.2 Å². The summed E-state index contributed by atoms with van der Waals surface area (Å²) in [7, 11) is -4.32. The summed E-state index contributed by atoms with van der Waals surface area (Å²) < 4.78 is 11.1. The van der Waals surface area contributed by atoms with Crippen molar-refractivity contribution in [1.82, 2.24) is 0 Å². The average Bonchev–Trinajstić information content (AvgIpc) is 2.66. The van der Waals surface area contributed by atoms with E-state index >= 15 is 0 Å². The standard InChI is InChI=1S/C20H24NO6P/c1-2-21(20(24)17(14-19(22)23)12-13-28(25,26)27)18-10-8-16(9-11-18)15-6-4-3-5-7-15/h3-11,17H,2,12-14H2,1H3,(H,22,23)(H2,25,26,27). The van der Waals surface area contributed by atoms with E-state index in [-0.39, 0.29) is 6.42 Å². The van der Waals surface area contributed by atoms with Crippen molar-refractivity contribution in [2.24, 2.45) is 5.92 Å². The van der Waals surface area contributed by atoms with Gasteiger partial charge in [-0.25, -0.2) is 0 Å². The largest absolute Gasteiger partial charge is 0.481 e. The number of carbonyl (C=O) groups excluding carboxylic acids is 1. The second-order valence-electron chi connectivity index (χ2n) is 6.47. The Bertz CT molecular complexity index is 847. The van der Waals surface area contributed by atoms with Gasteiger partial charge in [0.1, 0.15) is 0 Å². The Labute approximate surface area is 163 Å². The minimum atomic E-state index is -4.32. The van der Waals surface area contributed by atoms with Crippen molar-refractivity contribution >= 4 is 25.2 Å². The molecule has 7 nitrogen and oxygen atoms in total. The SMILES string of the molecule is CCN(C(=O)C(CCP(=O)(O)O)CC(=O)O)c1ccc(-c2ccccc2)cc1. The van der Waals surface area contributed by atoms with Gasteiger partial charge in [0.2, 0.25) is 5.91 Å². The zero-order valence-electron chi connectivity index (χ0n) is 15.6. The highest BCUT2D eigenvalue weighted by Gasteiger charge is 2.29. The molecular weight excluding hydrogens is 381 g/mol. The van der Waals surface area contributed by atoms with Crippen molar-refractivity contribution in [3.8, 4) is 11.1 Å². The van der Waals surface area contributed by atoms with Gasteiger partial charge in [-0.05, 0) is 36.6 Å². The van der Waals surface area contributed by atoms with E-state index in [1.807, 2.05) is 42.5 Å². The lowest BCUT2D eigenvalue weighted by atomic mass is 9.99. The summed E-state index contributed by atoms with van der Waals surface area (Å²) >= 11 is 0. The van der Waals surface area contributed by atoms with Gasteiger partial charge >= 0.3 is 13.6 Å². The van der Waals surface area contributed by atoms with Crippen molar-refractivity contribution in [3.05, 3.63) is 54.6 Å². The van der Waals surface area contributed by atoms with Crippen molar-refractivity contribution in [3.63, 3.8) is 0 Å². The third-order valence-corrected chi connectivity index (χ3v) is 5.25. The van der Waals surface area contributed by atoms with Crippen LogP contribution >= 0.6 is 7.60 Å². The lowest BCUT2D eigenvalue weighted by Crippen LogP contribution is -2.37. The third-order valence-electron chi connectivity index (χ3n) is 4.41. The highest BCUT2D eigenvalue weighted by molar-refractivity contribution is 7.51. The molecule has 150 valence electrons. The average molecular weight is 405 g/mol. The smallest absolute Gasteiger partial charge is 0.325 e. The van der Waals surface area contributed by atoms with Crippen LogP contribution in [0.5, 0.6) is 0 Å². The molecule has 0 aliphatic heterocycles. The van der Waals surface area contributed by atoms with E-state index in [9.17, 15) is 14.2 Å². The molecule has 2 rings (SSSR count). The minimum absolute atomic E-state index is 0.186. The molecule has 1 atom stereocenters. The molecule has 0 saturated heterocycles. The molecule has 0 bridgehead atoms. The number of amides is 1. The molecule has 2 aromatic rings. The predicted molar refractivity (Wildman–Crippen MR) is 107 cm³/mol. The van der Waals surface area contributed by atoms with E-state index in [0.717, 1.165) is 11.1 Å². The number of aliphatic carboxylic acids is 1. The van der Waals surface area contributed by atoms with E-state index in [0.29, 0.717) is 12.2 Å². The quantitative estimate of drug-likeness (QED) is 0.551. The van der Waals surface area contributed by atoms with Crippen LogP contribution in [0.1, 0.15) is 19.8 Å². The van der Waals surface area contributed by atoms with Gasteiger partial charge in [0.05, 0.1) is 12.6 Å². The van der Waals surface area contributed by atoms with Crippen LogP contribution in [0.3, 0.4) is 0 Å². The van der Waals surface area contributed by atoms with Gasteiger partial charge < -0.3 is 19.8 Å². The lowest BCUT2D eigenvalue weighted by Gasteiger charge is -2.26. The number of hydrogen-bond donors (Lipinski definition) is 3. The third kappa shape index (κ3) is 6.30. The fraction of sp³-hybridized carbons (Fsp3) is 0.300. The molecule has 0 spiro atoms. The Morgan fingerprint density at radius 1 is 1.00 bits per heavy atom. The van der Waals surface area contributed by atoms with Gasteiger partial charge in [0.15, 0.2) is 0 Å². The summed E-state index contributed by atoms with van der Waals surface area (Å²) in [4.78, 5) is 43.6. The predicted octanol–water partition coefficient (Wildman–Crippen LogP) is 3.37. The first kappa shape index (κ1) is 21.8. The number of carboxylic acid groups (broad SMARTS) is 1. The summed E-state index contributed by atoms with van der Waals surface area (Å²) in [6.45, 7) is 2.08. The minimum Gasteiger partial charge on any atom is -0.481 e. The first-order valence-corrected chi connectivity index (χ1v) is 10.7. The molecule has 0 radical (unpaired) electrons. The van der Waals surface area contributed by atoms with Crippen LogP contribution in [-0.4, -0.2) is 39.5 Å². The Morgan fingerprint density at radius 3 is 2.07 bits per heavy atom. The van der Waals surface area contributed by atoms with Crippen molar-refractivity contribution in [2.75, 3.05) is 17.6 Å².